The third-order valence-electron chi connectivity index (χ3n) is 3.10. The van der Waals surface area contributed by atoms with E-state index in [1.165, 1.54) is 5.56 Å². The highest BCUT2D eigenvalue weighted by molar-refractivity contribution is 5.68. The smallest absolute Gasteiger partial charge is 0.143 e. The van der Waals surface area contributed by atoms with Crippen LogP contribution in [0.5, 0.6) is 0 Å². The average Bonchev–Trinajstić information content (AvgIpc) is 2.38. The second-order valence-corrected chi connectivity index (χ2v) is 6.20. The van der Waals surface area contributed by atoms with Crippen molar-refractivity contribution in [3.05, 3.63) is 70.5 Å². The Morgan fingerprint density at radius 2 is 1.71 bits per heavy atom. The molecule has 0 amide bonds. The SMILES string of the molecule is C/C(=C/C=O)C(=C=C/C(C)=C/c1ccccc1)C(C)(C)C. The summed E-state index contributed by atoms with van der Waals surface area (Å²) < 4.78 is 0. The molecule has 0 bridgehead atoms. The van der Waals surface area contributed by atoms with Crippen LogP contribution in [-0.4, -0.2) is 6.29 Å². The summed E-state index contributed by atoms with van der Waals surface area (Å²) in [4.78, 5) is 10.7. The normalized spacial score (nSPS) is 12.6. The molecule has 0 spiro atoms. The minimum Gasteiger partial charge on any atom is -0.299 e. The number of benzene rings is 1. The van der Waals surface area contributed by atoms with Crippen LogP contribution in [0.3, 0.4) is 0 Å². The lowest BCUT2D eigenvalue weighted by atomic mass is 9.82. The van der Waals surface area contributed by atoms with Crippen LogP contribution in [0.4, 0.5) is 0 Å². The van der Waals surface area contributed by atoms with E-state index in [-0.39, 0.29) is 5.41 Å². The fourth-order valence-electron chi connectivity index (χ4n) is 2.15. The van der Waals surface area contributed by atoms with Crippen molar-refractivity contribution in [3.8, 4) is 0 Å². The van der Waals surface area contributed by atoms with Crippen LogP contribution >= 0.6 is 0 Å². The number of carbonyl (C=O) groups is 1. The number of hydrogen-bond donors (Lipinski definition) is 0. The van der Waals surface area contributed by atoms with E-state index in [0.717, 1.165) is 23.0 Å². The molecule has 0 N–H and O–H groups in total. The van der Waals surface area contributed by atoms with Gasteiger partial charge in [0.05, 0.1) is 0 Å². The molecule has 0 saturated heterocycles. The van der Waals surface area contributed by atoms with Crippen LogP contribution in [0, 0.1) is 5.41 Å². The Bertz CT molecular complexity index is 601. The third-order valence-corrected chi connectivity index (χ3v) is 3.10. The summed E-state index contributed by atoms with van der Waals surface area (Å²) in [5, 5.41) is 0. The third kappa shape index (κ3) is 5.81. The van der Waals surface area contributed by atoms with Gasteiger partial charge in [-0.25, -0.2) is 0 Å². The van der Waals surface area contributed by atoms with E-state index >= 15 is 0 Å². The first kappa shape index (κ1) is 16.9. The first-order valence-corrected chi connectivity index (χ1v) is 7.17. The van der Waals surface area contributed by atoms with E-state index in [1.54, 1.807) is 6.08 Å². The molecule has 0 aromatic heterocycles. The van der Waals surface area contributed by atoms with E-state index in [4.69, 9.17) is 0 Å². The maximum atomic E-state index is 10.7. The summed E-state index contributed by atoms with van der Waals surface area (Å²) in [5.41, 5.74) is 7.62. The first-order chi connectivity index (χ1) is 9.84. The number of rotatable bonds is 4. The Morgan fingerprint density at radius 3 is 2.24 bits per heavy atom. The Morgan fingerprint density at radius 1 is 1.10 bits per heavy atom. The van der Waals surface area contributed by atoms with E-state index in [2.05, 4.69) is 51.6 Å². The second-order valence-electron chi connectivity index (χ2n) is 6.20. The summed E-state index contributed by atoms with van der Waals surface area (Å²) in [7, 11) is 0. The van der Waals surface area contributed by atoms with Crippen molar-refractivity contribution in [2.75, 3.05) is 0 Å². The zero-order chi connectivity index (χ0) is 15.9. The summed E-state index contributed by atoms with van der Waals surface area (Å²) in [5.74, 6) is 0. The molecular formula is C20H24O. The molecule has 0 fully saturated rings. The number of allylic oxidation sites excluding steroid dienone is 4. The van der Waals surface area contributed by atoms with Gasteiger partial charge in [0.25, 0.3) is 0 Å². The molecule has 0 aliphatic rings. The van der Waals surface area contributed by atoms with Crippen LogP contribution in [0.2, 0.25) is 0 Å². The summed E-state index contributed by atoms with van der Waals surface area (Å²) in [6, 6.07) is 10.2. The van der Waals surface area contributed by atoms with E-state index in [0.29, 0.717) is 0 Å². The highest BCUT2D eigenvalue weighted by Gasteiger charge is 2.17. The van der Waals surface area contributed by atoms with E-state index < -0.39 is 0 Å². The van der Waals surface area contributed by atoms with Crippen molar-refractivity contribution < 1.29 is 4.79 Å². The minimum atomic E-state index is -0.0485. The topological polar surface area (TPSA) is 17.1 Å². The standard InChI is InChI=1S/C20H24O/c1-16(15-18-9-7-6-8-10-18)11-12-19(20(3,4)5)17(2)13-14-21/h6-11,13-15H,1-5H3/b16-15+,17-13-. The molecule has 21 heavy (non-hydrogen) atoms. The maximum Gasteiger partial charge on any atom is 0.143 e. The first-order valence-electron chi connectivity index (χ1n) is 7.17. The van der Waals surface area contributed by atoms with E-state index in [1.807, 2.05) is 31.2 Å². The second kappa shape index (κ2) is 7.61. The average molecular weight is 280 g/mol. The Balaban J connectivity index is 3.18. The Hall–Kier alpha value is -2.11. The van der Waals surface area contributed by atoms with Gasteiger partial charge in [0.15, 0.2) is 0 Å². The van der Waals surface area contributed by atoms with Crippen LogP contribution in [-0.2, 0) is 4.79 Å². The minimum absolute atomic E-state index is 0.0485. The van der Waals surface area contributed by atoms with Crippen molar-refractivity contribution in [2.24, 2.45) is 5.41 Å². The molecule has 1 heteroatoms. The van der Waals surface area contributed by atoms with Crippen LogP contribution in [0.25, 0.3) is 6.08 Å². The van der Waals surface area contributed by atoms with Crippen LogP contribution < -0.4 is 0 Å². The van der Waals surface area contributed by atoms with E-state index in [9.17, 15) is 4.79 Å². The molecule has 0 unspecified atom stereocenters. The monoisotopic (exact) mass is 280 g/mol. The molecular weight excluding hydrogens is 256 g/mol. The lowest BCUT2D eigenvalue weighted by molar-refractivity contribution is -0.104. The molecule has 0 aliphatic carbocycles. The summed E-state index contributed by atoms with van der Waals surface area (Å²) in [6.45, 7) is 10.4. The fourth-order valence-corrected chi connectivity index (χ4v) is 2.15. The fraction of sp³-hybridized carbons (Fsp3) is 0.300. The van der Waals surface area contributed by atoms with Gasteiger partial charge in [-0.3, -0.25) is 4.79 Å². The number of hydrogen-bond acceptors (Lipinski definition) is 1. The van der Waals surface area contributed by atoms with Gasteiger partial charge < -0.3 is 0 Å². The highest BCUT2D eigenvalue weighted by atomic mass is 16.1. The maximum absolute atomic E-state index is 10.7. The molecule has 1 rings (SSSR count). The lowest BCUT2D eigenvalue weighted by Crippen LogP contribution is -2.09. The molecule has 1 aromatic carbocycles. The number of aldehydes is 1. The molecule has 0 heterocycles. The van der Waals surface area contributed by atoms with Crippen LogP contribution in [0.1, 0.15) is 40.2 Å². The zero-order valence-electron chi connectivity index (χ0n) is 13.6. The van der Waals surface area contributed by atoms with Gasteiger partial charge >= 0.3 is 0 Å². The van der Waals surface area contributed by atoms with Gasteiger partial charge in [-0.15, -0.1) is 5.73 Å². The molecule has 0 radical (unpaired) electrons. The predicted molar refractivity (Wildman–Crippen MR) is 91.0 cm³/mol. The largest absolute Gasteiger partial charge is 0.299 e. The summed E-state index contributed by atoms with van der Waals surface area (Å²) in [6.07, 6.45) is 6.52. The van der Waals surface area contributed by atoms with Crippen molar-refractivity contribution >= 4 is 12.4 Å². The molecule has 1 aromatic rings. The molecule has 0 atom stereocenters. The van der Waals surface area contributed by atoms with Crippen LogP contribution in [0.15, 0.2) is 64.9 Å². The molecule has 0 saturated carbocycles. The van der Waals surface area contributed by atoms with Gasteiger partial charge in [-0.1, -0.05) is 57.2 Å². The van der Waals surface area contributed by atoms with Crippen molar-refractivity contribution in [1.29, 1.82) is 0 Å². The van der Waals surface area contributed by atoms with Crippen molar-refractivity contribution in [1.82, 2.24) is 0 Å². The Labute approximate surface area is 128 Å². The predicted octanol–water partition coefficient (Wildman–Crippen LogP) is 5.36. The van der Waals surface area contributed by atoms with Gasteiger partial charge in [-0.2, -0.15) is 0 Å². The molecule has 1 nitrogen and oxygen atoms in total. The van der Waals surface area contributed by atoms with Crippen molar-refractivity contribution in [2.45, 2.75) is 34.6 Å². The summed E-state index contributed by atoms with van der Waals surface area (Å²) >= 11 is 0. The van der Waals surface area contributed by atoms with Gasteiger partial charge in [0.2, 0.25) is 0 Å². The lowest BCUT2D eigenvalue weighted by Gasteiger charge is -2.21. The van der Waals surface area contributed by atoms with Gasteiger partial charge in [-0.05, 0) is 48.1 Å². The quantitative estimate of drug-likeness (QED) is 0.314. The number of carbonyl (C=O) groups excluding carboxylic acids is 1. The van der Waals surface area contributed by atoms with Gasteiger partial charge in [0.1, 0.15) is 6.29 Å². The molecule has 0 aliphatic heterocycles. The van der Waals surface area contributed by atoms with Gasteiger partial charge in [0, 0.05) is 5.57 Å². The zero-order valence-corrected chi connectivity index (χ0v) is 13.6. The molecule has 110 valence electrons. The highest BCUT2D eigenvalue weighted by Crippen LogP contribution is 2.30. The van der Waals surface area contributed by atoms with Crippen molar-refractivity contribution in [3.63, 3.8) is 0 Å². The Kier molecular flexibility index (Phi) is 6.14.